The highest BCUT2D eigenvalue weighted by atomic mass is 19.1. The Hall–Kier alpha value is -3.88. The first-order valence-electron chi connectivity index (χ1n) is 10.7. The van der Waals surface area contributed by atoms with Crippen molar-refractivity contribution in [1.82, 2.24) is 20.6 Å². The van der Waals surface area contributed by atoms with Gasteiger partial charge < -0.3 is 16.0 Å². The maximum atomic E-state index is 14.4. The first-order valence-corrected chi connectivity index (χ1v) is 10.7. The van der Waals surface area contributed by atoms with E-state index >= 15 is 0 Å². The second-order valence-corrected chi connectivity index (χ2v) is 8.14. The summed E-state index contributed by atoms with van der Waals surface area (Å²) in [6, 6.07) is 10.9. The summed E-state index contributed by atoms with van der Waals surface area (Å²) in [6.07, 6.45) is 1.41. The average molecular weight is 449 g/mol. The lowest BCUT2D eigenvalue weighted by molar-refractivity contribution is -0.124. The molecule has 1 saturated heterocycles. The molecule has 168 valence electrons. The average Bonchev–Trinajstić information content (AvgIpc) is 3.37. The normalized spacial score (nSPS) is 19.2. The summed E-state index contributed by atoms with van der Waals surface area (Å²) in [7, 11) is 0. The zero-order valence-corrected chi connectivity index (χ0v) is 17.8. The molecule has 0 bridgehead atoms. The van der Waals surface area contributed by atoms with Crippen LogP contribution >= 0.6 is 0 Å². The van der Waals surface area contributed by atoms with E-state index in [4.69, 9.17) is 0 Å². The summed E-state index contributed by atoms with van der Waals surface area (Å²) in [6.45, 7) is 2.77. The monoisotopic (exact) mass is 449 g/mol. The summed E-state index contributed by atoms with van der Waals surface area (Å²) in [5.41, 5.74) is 1.22. The summed E-state index contributed by atoms with van der Waals surface area (Å²) >= 11 is 0. The Morgan fingerprint density at radius 2 is 1.73 bits per heavy atom. The van der Waals surface area contributed by atoms with Crippen LogP contribution in [0.2, 0.25) is 0 Å². The molecule has 9 heteroatoms. The predicted molar refractivity (Wildman–Crippen MR) is 118 cm³/mol. The van der Waals surface area contributed by atoms with Crippen LogP contribution in [0.15, 0.2) is 42.5 Å². The van der Waals surface area contributed by atoms with Gasteiger partial charge in [-0.25, -0.2) is 18.7 Å². The number of carbonyl (C=O) groups excluding carboxylic acids is 2. The van der Waals surface area contributed by atoms with Gasteiger partial charge in [0, 0.05) is 12.2 Å². The van der Waals surface area contributed by atoms with Crippen molar-refractivity contribution in [2.24, 2.45) is 0 Å². The molecule has 0 unspecified atom stereocenters. The maximum absolute atomic E-state index is 14.4. The molecule has 1 atom stereocenters. The number of rotatable bonds is 5. The van der Waals surface area contributed by atoms with Gasteiger partial charge in [-0.05, 0) is 42.7 Å². The second kappa shape index (κ2) is 7.91. The number of fused-ring (bicyclic) bond motifs is 1. The Balaban J connectivity index is 1.53. The summed E-state index contributed by atoms with van der Waals surface area (Å²) in [5, 5.41) is 8.66. The molecular formula is C24H21F2N5O2. The van der Waals surface area contributed by atoms with Crippen molar-refractivity contribution in [1.29, 1.82) is 0 Å². The molecule has 0 saturated carbocycles. The number of benzene rings is 2. The lowest BCUT2D eigenvalue weighted by atomic mass is 9.77. The Morgan fingerprint density at radius 3 is 2.36 bits per heavy atom. The van der Waals surface area contributed by atoms with E-state index in [1.54, 1.807) is 12.1 Å². The van der Waals surface area contributed by atoms with E-state index in [0.29, 0.717) is 24.3 Å². The maximum Gasteiger partial charge on any atom is 0.257 e. The van der Waals surface area contributed by atoms with Gasteiger partial charge in [0.2, 0.25) is 5.91 Å². The topological polar surface area (TPSA) is 96.0 Å². The fourth-order valence-corrected chi connectivity index (χ4v) is 4.54. The van der Waals surface area contributed by atoms with Crippen LogP contribution < -0.4 is 16.0 Å². The third-order valence-corrected chi connectivity index (χ3v) is 6.39. The highest BCUT2D eigenvalue weighted by Gasteiger charge is 2.42. The number of hydrogen-bond acceptors (Lipinski definition) is 5. The van der Waals surface area contributed by atoms with Crippen LogP contribution in [0.4, 0.5) is 20.3 Å². The third kappa shape index (κ3) is 3.40. The van der Waals surface area contributed by atoms with E-state index in [1.165, 1.54) is 6.07 Å². The van der Waals surface area contributed by atoms with Gasteiger partial charge in [-0.15, -0.1) is 0 Å². The van der Waals surface area contributed by atoms with Crippen molar-refractivity contribution in [3.05, 3.63) is 70.9 Å². The van der Waals surface area contributed by atoms with E-state index in [2.05, 4.69) is 25.9 Å². The van der Waals surface area contributed by atoms with Crippen LogP contribution in [0.5, 0.6) is 0 Å². The largest absolute Gasteiger partial charge is 0.355 e. The van der Waals surface area contributed by atoms with Crippen LogP contribution in [-0.2, 0) is 16.8 Å². The van der Waals surface area contributed by atoms with Crippen molar-refractivity contribution in [2.75, 3.05) is 11.9 Å². The predicted octanol–water partition coefficient (Wildman–Crippen LogP) is 3.58. The lowest BCUT2D eigenvalue weighted by Crippen LogP contribution is -2.34. The van der Waals surface area contributed by atoms with Crippen LogP contribution in [-0.4, -0.2) is 28.3 Å². The molecule has 33 heavy (non-hydrogen) atoms. The molecular weight excluding hydrogens is 428 g/mol. The number of amides is 2. The molecule has 0 spiro atoms. The zero-order valence-electron chi connectivity index (χ0n) is 17.8. The van der Waals surface area contributed by atoms with Crippen molar-refractivity contribution < 1.29 is 18.4 Å². The van der Waals surface area contributed by atoms with Crippen LogP contribution in [0.1, 0.15) is 41.4 Å². The van der Waals surface area contributed by atoms with Crippen LogP contribution in [0.25, 0.3) is 11.4 Å². The number of carbonyl (C=O) groups is 2. The molecule has 7 nitrogen and oxygen atoms in total. The highest BCUT2D eigenvalue weighted by Crippen LogP contribution is 2.36. The highest BCUT2D eigenvalue weighted by molar-refractivity contribution is 6.03. The molecule has 1 aromatic heterocycles. The summed E-state index contributed by atoms with van der Waals surface area (Å²) in [5.74, 6) is -1.91. The summed E-state index contributed by atoms with van der Waals surface area (Å²) in [4.78, 5) is 33.4. The first kappa shape index (κ1) is 21.0. The smallest absolute Gasteiger partial charge is 0.257 e. The van der Waals surface area contributed by atoms with Crippen LogP contribution in [0.3, 0.4) is 0 Å². The minimum Gasteiger partial charge on any atom is -0.355 e. The Morgan fingerprint density at radius 1 is 1.00 bits per heavy atom. The number of halogens is 2. The van der Waals surface area contributed by atoms with Gasteiger partial charge in [0.25, 0.3) is 5.91 Å². The number of nitrogens with one attached hydrogen (secondary N) is 3. The van der Waals surface area contributed by atoms with Crippen molar-refractivity contribution >= 4 is 23.3 Å². The Bertz CT molecular complexity index is 1260. The van der Waals surface area contributed by atoms with E-state index in [1.807, 2.05) is 19.1 Å². The van der Waals surface area contributed by atoms with E-state index in [9.17, 15) is 18.4 Å². The SMILES string of the molecule is CC[C@@]1(c2ccc(Nc3nc(-c4c(F)cccc4F)nc4c3C(=O)NC4)cc2)CCNC1=O. The molecule has 3 heterocycles. The molecule has 5 rings (SSSR count). The molecule has 2 aliphatic heterocycles. The van der Waals surface area contributed by atoms with Gasteiger partial charge >= 0.3 is 0 Å². The molecule has 0 radical (unpaired) electrons. The lowest BCUT2D eigenvalue weighted by Gasteiger charge is -2.25. The van der Waals surface area contributed by atoms with E-state index < -0.39 is 17.0 Å². The standard InChI is InChI=1S/C24H21F2N5O2/c1-2-24(10-11-27-23(24)33)13-6-8-14(9-7-13)29-21-19-17(12-28-22(19)32)30-20(31-21)18-15(25)4-3-5-16(18)26/h3-9H,2,10-12H2,1H3,(H,27,33)(H,28,32)(H,29,30,31)/t24-/m0/s1. The molecule has 1 fully saturated rings. The van der Waals surface area contributed by atoms with Crippen molar-refractivity contribution in [3.8, 4) is 11.4 Å². The number of aromatic nitrogens is 2. The van der Waals surface area contributed by atoms with Gasteiger partial charge in [-0.2, -0.15) is 0 Å². The molecule has 2 aliphatic rings. The number of hydrogen-bond donors (Lipinski definition) is 3. The molecule has 3 N–H and O–H groups in total. The Kier molecular flexibility index (Phi) is 5.03. The molecule has 2 aromatic carbocycles. The fraction of sp³-hybridized carbons (Fsp3) is 0.250. The van der Waals surface area contributed by atoms with E-state index in [-0.39, 0.29) is 41.1 Å². The number of anilines is 2. The van der Waals surface area contributed by atoms with Gasteiger partial charge in [0.05, 0.1) is 23.2 Å². The van der Waals surface area contributed by atoms with E-state index in [0.717, 1.165) is 24.1 Å². The fourth-order valence-electron chi connectivity index (χ4n) is 4.54. The van der Waals surface area contributed by atoms with Crippen molar-refractivity contribution in [3.63, 3.8) is 0 Å². The molecule has 0 aliphatic carbocycles. The molecule has 2 amide bonds. The van der Waals surface area contributed by atoms with Gasteiger partial charge in [0.15, 0.2) is 5.82 Å². The zero-order chi connectivity index (χ0) is 23.2. The third-order valence-electron chi connectivity index (χ3n) is 6.39. The minimum absolute atomic E-state index is 0.0209. The Labute approximate surface area is 188 Å². The van der Waals surface area contributed by atoms with Crippen LogP contribution in [0, 0.1) is 11.6 Å². The second-order valence-electron chi connectivity index (χ2n) is 8.14. The molecule has 3 aromatic rings. The van der Waals surface area contributed by atoms with Crippen molar-refractivity contribution in [2.45, 2.75) is 31.7 Å². The quantitative estimate of drug-likeness (QED) is 0.554. The van der Waals surface area contributed by atoms with Gasteiger partial charge in [-0.3, -0.25) is 9.59 Å². The first-order chi connectivity index (χ1) is 15.9. The minimum atomic E-state index is -0.790. The van der Waals surface area contributed by atoms with Gasteiger partial charge in [0.1, 0.15) is 23.0 Å². The van der Waals surface area contributed by atoms with Gasteiger partial charge in [-0.1, -0.05) is 25.1 Å². The summed E-state index contributed by atoms with van der Waals surface area (Å²) < 4.78 is 28.7. The number of nitrogens with zero attached hydrogens (tertiary/aromatic N) is 2.